The number of hydrogen-bond acceptors (Lipinski definition) is 1. The molecule has 0 spiro atoms. The smallest absolute Gasteiger partial charge is 0.0273 e. The van der Waals surface area contributed by atoms with Gasteiger partial charge in [-0.15, -0.1) is 6.58 Å². The molecule has 1 aliphatic carbocycles. The summed E-state index contributed by atoms with van der Waals surface area (Å²) < 4.78 is 0. The fraction of sp³-hybridized carbons (Fsp3) is 0.400. The lowest BCUT2D eigenvalue weighted by atomic mass is 9.68. The zero-order chi connectivity index (χ0) is 33.3. The fourth-order valence-electron chi connectivity index (χ4n) is 6.56. The van der Waals surface area contributed by atoms with Gasteiger partial charge in [-0.25, -0.2) is 0 Å². The van der Waals surface area contributed by atoms with Crippen LogP contribution >= 0.6 is 0 Å². The number of benzene rings is 2. The first-order valence-corrected chi connectivity index (χ1v) is 17.4. The van der Waals surface area contributed by atoms with E-state index in [2.05, 4.69) is 146 Å². The highest BCUT2D eigenvalue weighted by atomic mass is 14.6. The molecule has 0 radical (unpaired) electrons. The molecule has 0 aliphatic heterocycles. The molecule has 0 saturated carbocycles. The molecule has 1 heterocycles. The van der Waals surface area contributed by atoms with Crippen LogP contribution in [0.5, 0.6) is 0 Å². The summed E-state index contributed by atoms with van der Waals surface area (Å²) in [5.41, 5.74) is 11.0. The van der Waals surface area contributed by atoms with Gasteiger partial charge in [-0.05, 0) is 112 Å². The zero-order valence-corrected chi connectivity index (χ0v) is 29.7. The second-order valence-electron chi connectivity index (χ2n) is 15.1. The molecule has 0 amide bonds. The van der Waals surface area contributed by atoms with Crippen LogP contribution in [0.1, 0.15) is 92.6 Å². The van der Waals surface area contributed by atoms with E-state index in [-0.39, 0.29) is 5.41 Å². The van der Waals surface area contributed by atoms with Crippen molar-refractivity contribution in [3.63, 3.8) is 0 Å². The molecule has 3 unspecified atom stereocenters. The van der Waals surface area contributed by atoms with Gasteiger partial charge in [0.25, 0.3) is 0 Å². The summed E-state index contributed by atoms with van der Waals surface area (Å²) >= 11 is 0. The molecule has 1 nitrogen and oxygen atoms in total. The summed E-state index contributed by atoms with van der Waals surface area (Å²) in [6.07, 6.45) is 22.3. The van der Waals surface area contributed by atoms with Gasteiger partial charge in [0.05, 0.1) is 0 Å². The van der Waals surface area contributed by atoms with Crippen molar-refractivity contribution < 1.29 is 0 Å². The van der Waals surface area contributed by atoms with E-state index in [1.807, 2.05) is 24.5 Å². The highest BCUT2D eigenvalue weighted by Gasteiger charge is 2.32. The third-order valence-electron chi connectivity index (χ3n) is 10.2. The summed E-state index contributed by atoms with van der Waals surface area (Å²) in [6, 6.07) is 21.8. The Morgan fingerprint density at radius 2 is 1.33 bits per heavy atom. The molecule has 3 atom stereocenters. The average Bonchev–Trinajstić information content (AvgIpc) is 3.06. The maximum atomic E-state index is 4.58. The summed E-state index contributed by atoms with van der Waals surface area (Å²) in [5.74, 6) is 1.29. The van der Waals surface area contributed by atoms with E-state index in [0.717, 1.165) is 25.7 Å². The van der Waals surface area contributed by atoms with Crippen molar-refractivity contribution in [3.05, 3.63) is 133 Å². The van der Waals surface area contributed by atoms with Crippen LogP contribution in [-0.2, 0) is 0 Å². The standard InChI is InChI=1S/C45H57N/c1-10-14-36(20-17-35-18-21-37(22-19-35)38-23-25-39(26-24-38)40-27-29-46-30-28-40)34(4)42-15-12-13-16-43(42)41(32-45(8,9)11-2)31-33(3)44(5,6)7/h10,15-30,34,36,41H,1,3,11-14,31-32H2,2,4-9H3/b20-17+. The van der Waals surface area contributed by atoms with Gasteiger partial charge in [0.15, 0.2) is 0 Å². The number of nitrogens with zero attached hydrogens (tertiary/aromatic N) is 1. The Labute approximate surface area is 281 Å². The molecule has 1 aromatic heterocycles. The summed E-state index contributed by atoms with van der Waals surface area (Å²) in [5, 5.41) is 0. The van der Waals surface area contributed by atoms with E-state index in [1.165, 1.54) is 46.2 Å². The minimum Gasteiger partial charge on any atom is -0.265 e. The van der Waals surface area contributed by atoms with Crippen LogP contribution in [0.25, 0.3) is 28.3 Å². The SMILES string of the molecule is C=CCC(/C=C/c1ccc(-c2ccc(-c3ccncc3)cc2)cc1)C(C)C1=CCCC=C1C(CC(=C)C(C)(C)C)CC(C)(C)CC. The third kappa shape index (κ3) is 9.41. The molecule has 46 heavy (non-hydrogen) atoms. The normalized spacial score (nSPS) is 16.0. The van der Waals surface area contributed by atoms with Crippen LogP contribution in [-0.4, -0.2) is 4.98 Å². The Hall–Kier alpha value is -3.71. The molecule has 0 saturated heterocycles. The second-order valence-corrected chi connectivity index (χ2v) is 15.1. The number of aromatic nitrogens is 1. The molecule has 2 aromatic carbocycles. The molecule has 242 valence electrons. The molecular formula is C45H57N. The number of allylic oxidation sites excluding steroid dienone is 7. The minimum absolute atomic E-state index is 0.118. The first kappa shape index (κ1) is 35.1. The molecule has 0 fully saturated rings. The van der Waals surface area contributed by atoms with Crippen molar-refractivity contribution in [2.75, 3.05) is 0 Å². The van der Waals surface area contributed by atoms with E-state index >= 15 is 0 Å². The Balaban J connectivity index is 1.52. The van der Waals surface area contributed by atoms with E-state index in [0.29, 0.717) is 23.2 Å². The Kier molecular flexibility index (Phi) is 12.0. The first-order valence-electron chi connectivity index (χ1n) is 17.4. The van der Waals surface area contributed by atoms with Gasteiger partial charge in [0.2, 0.25) is 0 Å². The van der Waals surface area contributed by atoms with Gasteiger partial charge in [-0.3, -0.25) is 4.98 Å². The first-order chi connectivity index (χ1) is 21.9. The van der Waals surface area contributed by atoms with E-state index in [1.54, 1.807) is 11.1 Å². The lowest BCUT2D eigenvalue weighted by Crippen LogP contribution is -2.24. The zero-order valence-electron chi connectivity index (χ0n) is 29.7. The van der Waals surface area contributed by atoms with E-state index in [9.17, 15) is 0 Å². The number of rotatable bonds is 14. The molecular weight excluding hydrogens is 555 g/mol. The van der Waals surface area contributed by atoms with Gasteiger partial charge in [0, 0.05) is 12.4 Å². The van der Waals surface area contributed by atoms with Crippen LogP contribution in [0, 0.1) is 28.6 Å². The van der Waals surface area contributed by atoms with Crippen LogP contribution in [0.2, 0.25) is 0 Å². The Morgan fingerprint density at radius 1 is 0.804 bits per heavy atom. The summed E-state index contributed by atoms with van der Waals surface area (Å²) in [7, 11) is 0. The van der Waals surface area contributed by atoms with Crippen molar-refractivity contribution in [2.45, 2.75) is 87.0 Å². The number of pyridine rings is 1. The fourth-order valence-corrected chi connectivity index (χ4v) is 6.56. The lowest BCUT2D eigenvalue weighted by Gasteiger charge is -2.37. The summed E-state index contributed by atoms with van der Waals surface area (Å²) in [6.45, 7) is 25.3. The van der Waals surface area contributed by atoms with Crippen molar-refractivity contribution in [1.29, 1.82) is 0 Å². The van der Waals surface area contributed by atoms with Gasteiger partial charge in [-0.2, -0.15) is 0 Å². The maximum absolute atomic E-state index is 4.58. The van der Waals surface area contributed by atoms with Crippen LogP contribution in [0.4, 0.5) is 0 Å². The van der Waals surface area contributed by atoms with Crippen molar-refractivity contribution in [1.82, 2.24) is 4.98 Å². The van der Waals surface area contributed by atoms with E-state index < -0.39 is 0 Å². The molecule has 3 aromatic rings. The van der Waals surface area contributed by atoms with Crippen molar-refractivity contribution in [3.8, 4) is 22.3 Å². The number of hydrogen-bond donors (Lipinski definition) is 0. The van der Waals surface area contributed by atoms with Gasteiger partial charge < -0.3 is 0 Å². The van der Waals surface area contributed by atoms with Gasteiger partial charge >= 0.3 is 0 Å². The molecule has 4 rings (SSSR count). The predicted octanol–water partition coefficient (Wildman–Crippen LogP) is 13.3. The van der Waals surface area contributed by atoms with Gasteiger partial charge in [-0.1, -0.05) is 146 Å². The van der Waals surface area contributed by atoms with Crippen LogP contribution < -0.4 is 0 Å². The molecule has 0 N–H and O–H groups in total. The van der Waals surface area contributed by atoms with Crippen LogP contribution in [0.15, 0.2) is 127 Å². The quantitative estimate of drug-likeness (QED) is 0.165. The van der Waals surface area contributed by atoms with Crippen LogP contribution in [0.3, 0.4) is 0 Å². The lowest BCUT2D eigenvalue weighted by molar-refractivity contribution is 0.267. The molecule has 1 aliphatic rings. The topological polar surface area (TPSA) is 12.9 Å². The molecule has 0 bridgehead atoms. The highest BCUT2D eigenvalue weighted by molar-refractivity contribution is 5.71. The third-order valence-corrected chi connectivity index (χ3v) is 10.2. The largest absolute Gasteiger partial charge is 0.265 e. The van der Waals surface area contributed by atoms with Gasteiger partial charge in [0.1, 0.15) is 0 Å². The minimum atomic E-state index is 0.118. The average molecular weight is 612 g/mol. The van der Waals surface area contributed by atoms with E-state index in [4.69, 9.17) is 0 Å². The monoisotopic (exact) mass is 611 g/mol. The highest BCUT2D eigenvalue weighted by Crippen LogP contribution is 2.45. The maximum Gasteiger partial charge on any atom is 0.0273 e. The Bertz CT molecular complexity index is 1520. The predicted molar refractivity (Wildman–Crippen MR) is 202 cm³/mol. The molecule has 1 heteroatoms. The Morgan fingerprint density at radius 3 is 1.85 bits per heavy atom. The van der Waals surface area contributed by atoms with Crippen molar-refractivity contribution >= 4 is 6.08 Å². The summed E-state index contributed by atoms with van der Waals surface area (Å²) in [4.78, 5) is 4.14. The second kappa shape index (κ2) is 15.7. The van der Waals surface area contributed by atoms with Crippen molar-refractivity contribution in [2.24, 2.45) is 28.6 Å².